The van der Waals surface area contributed by atoms with Crippen LogP contribution in [0, 0.1) is 0 Å². The average molecular weight is 384 g/mol. The molecule has 0 unspecified atom stereocenters. The fraction of sp³-hybridized carbons (Fsp3) is 0.286. The number of carbonyl (C=O) groups is 1. The van der Waals surface area contributed by atoms with Gasteiger partial charge in [-0.05, 0) is 42.7 Å². The lowest BCUT2D eigenvalue weighted by molar-refractivity contribution is -0.130. The fourth-order valence-corrected chi connectivity index (χ4v) is 2.89. The number of benzene rings is 2. The highest BCUT2D eigenvalue weighted by molar-refractivity contribution is 6.30. The Balaban J connectivity index is 1.44. The number of nitrogens with zero attached hydrogens (tertiary/aromatic N) is 3. The van der Waals surface area contributed by atoms with Gasteiger partial charge in [-0.15, -0.1) is 0 Å². The van der Waals surface area contributed by atoms with Gasteiger partial charge in [-0.2, -0.15) is 4.98 Å². The summed E-state index contributed by atoms with van der Waals surface area (Å²) in [6.45, 7) is 0.730. The minimum absolute atomic E-state index is 0.0781. The van der Waals surface area contributed by atoms with Crippen molar-refractivity contribution in [3.8, 4) is 11.4 Å². The molecule has 0 radical (unpaired) electrons. The summed E-state index contributed by atoms with van der Waals surface area (Å²) in [5.74, 6) is 1.05. The number of amides is 1. The van der Waals surface area contributed by atoms with Crippen molar-refractivity contribution in [2.75, 3.05) is 13.6 Å². The molecule has 3 aromatic rings. The van der Waals surface area contributed by atoms with E-state index in [0.717, 1.165) is 24.9 Å². The minimum atomic E-state index is 0.0781. The van der Waals surface area contributed by atoms with Gasteiger partial charge in [0.15, 0.2) is 0 Å². The van der Waals surface area contributed by atoms with Crippen LogP contribution >= 0.6 is 11.6 Å². The molecule has 0 aliphatic heterocycles. The van der Waals surface area contributed by atoms with Crippen LogP contribution < -0.4 is 0 Å². The van der Waals surface area contributed by atoms with Crippen molar-refractivity contribution in [3.05, 3.63) is 71.1 Å². The lowest BCUT2D eigenvalue weighted by Crippen LogP contribution is -2.28. The van der Waals surface area contributed by atoms with E-state index >= 15 is 0 Å². The fourth-order valence-electron chi connectivity index (χ4n) is 2.77. The Morgan fingerprint density at radius 3 is 2.56 bits per heavy atom. The Morgan fingerprint density at radius 2 is 1.81 bits per heavy atom. The molecular weight excluding hydrogens is 362 g/mol. The highest BCUT2D eigenvalue weighted by Gasteiger charge is 2.13. The molecule has 0 bridgehead atoms. The molecule has 0 spiro atoms. The molecule has 6 heteroatoms. The number of hydrogen-bond acceptors (Lipinski definition) is 4. The maximum atomic E-state index is 12.3. The summed E-state index contributed by atoms with van der Waals surface area (Å²) in [6, 6.07) is 17.5. The Bertz CT molecular complexity index is 863. The second-order valence-corrected chi connectivity index (χ2v) is 6.86. The number of aryl methyl sites for hydroxylation is 2. The van der Waals surface area contributed by atoms with E-state index < -0.39 is 0 Å². The average Bonchev–Trinajstić information content (AvgIpc) is 3.16. The molecule has 0 atom stereocenters. The van der Waals surface area contributed by atoms with E-state index in [-0.39, 0.29) is 5.91 Å². The normalized spacial score (nSPS) is 10.7. The van der Waals surface area contributed by atoms with Crippen LogP contribution in [0.4, 0.5) is 0 Å². The van der Waals surface area contributed by atoms with E-state index in [1.54, 1.807) is 17.0 Å². The molecule has 1 heterocycles. The number of aromatic nitrogens is 2. The first-order valence-electron chi connectivity index (χ1n) is 8.98. The van der Waals surface area contributed by atoms with Crippen LogP contribution in [0.1, 0.15) is 24.3 Å². The molecular formula is C21H22ClN3O2. The lowest BCUT2D eigenvalue weighted by Gasteiger charge is -2.16. The second kappa shape index (κ2) is 9.33. The molecule has 0 aliphatic carbocycles. The molecule has 3 rings (SSSR count). The summed E-state index contributed by atoms with van der Waals surface area (Å²) in [4.78, 5) is 18.4. The molecule has 5 nitrogen and oxygen atoms in total. The van der Waals surface area contributed by atoms with Crippen LogP contribution in [0.3, 0.4) is 0 Å². The topological polar surface area (TPSA) is 59.2 Å². The molecule has 0 fully saturated rings. The number of hydrogen-bond donors (Lipinski definition) is 0. The summed E-state index contributed by atoms with van der Waals surface area (Å²) in [7, 11) is 1.83. The third-order valence-electron chi connectivity index (χ3n) is 4.35. The van der Waals surface area contributed by atoms with Crippen molar-refractivity contribution in [1.29, 1.82) is 0 Å². The van der Waals surface area contributed by atoms with E-state index in [4.69, 9.17) is 16.1 Å². The van der Waals surface area contributed by atoms with Gasteiger partial charge in [0.2, 0.25) is 17.6 Å². The van der Waals surface area contributed by atoms with Crippen molar-refractivity contribution in [2.45, 2.75) is 25.7 Å². The van der Waals surface area contributed by atoms with Gasteiger partial charge in [0.05, 0.1) is 0 Å². The van der Waals surface area contributed by atoms with E-state index in [1.165, 1.54) is 5.56 Å². The molecule has 140 valence electrons. The standard InChI is InChI=1S/C21H22ClN3O2/c1-25(15-5-8-16-6-3-2-4-7-16)20(26)14-13-19-23-21(24-27-19)17-9-11-18(22)12-10-17/h2-4,6-7,9-12H,5,8,13-15H2,1H3. The summed E-state index contributed by atoms with van der Waals surface area (Å²) in [5.41, 5.74) is 2.12. The smallest absolute Gasteiger partial charge is 0.227 e. The zero-order valence-corrected chi connectivity index (χ0v) is 16.0. The molecule has 27 heavy (non-hydrogen) atoms. The van der Waals surface area contributed by atoms with Gasteiger partial charge in [0.25, 0.3) is 0 Å². The van der Waals surface area contributed by atoms with Gasteiger partial charge in [0, 0.05) is 37.0 Å². The van der Waals surface area contributed by atoms with Crippen molar-refractivity contribution in [3.63, 3.8) is 0 Å². The van der Waals surface area contributed by atoms with Crippen LogP contribution in [0.25, 0.3) is 11.4 Å². The number of halogens is 1. The maximum Gasteiger partial charge on any atom is 0.227 e. The van der Waals surface area contributed by atoms with E-state index in [1.807, 2.05) is 37.4 Å². The summed E-state index contributed by atoms with van der Waals surface area (Å²) >= 11 is 5.88. The highest BCUT2D eigenvalue weighted by atomic mass is 35.5. The van der Waals surface area contributed by atoms with Gasteiger partial charge in [0.1, 0.15) is 0 Å². The van der Waals surface area contributed by atoms with Crippen LogP contribution in [0.5, 0.6) is 0 Å². The summed E-state index contributed by atoms with van der Waals surface area (Å²) in [5, 5.41) is 4.62. The molecule has 2 aromatic carbocycles. The zero-order valence-electron chi connectivity index (χ0n) is 15.3. The SMILES string of the molecule is CN(CCCc1ccccc1)C(=O)CCc1nc(-c2ccc(Cl)cc2)no1. The predicted molar refractivity (Wildman–Crippen MR) is 105 cm³/mol. The second-order valence-electron chi connectivity index (χ2n) is 6.42. The van der Waals surface area contributed by atoms with Crippen molar-refractivity contribution in [1.82, 2.24) is 15.0 Å². The molecule has 1 amide bonds. The number of rotatable bonds is 8. The van der Waals surface area contributed by atoms with E-state index in [0.29, 0.717) is 29.6 Å². The Kier molecular flexibility index (Phi) is 6.60. The van der Waals surface area contributed by atoms with Crippen LogP contribution in [-0.4, -0.2) is 34.5 Å². The minimum Gasteiger partial charge on any atom is -0.346 e. The maximum absolute atomic E-state index is 12.3. The highest BCUT2D eigenvalue weighted by Crippen LogP contribution is 2.19. The summed E-state index contributed by atoms with van der Waals surface area (Å²) < 4.78 is 5.25. The van der Waals surface area contributed by atoms with Crippen molar-refractivity contribution in [2.24, 2.45) is 0 Å². The van der Waals surface area contributed by atoms with Crippen LogP contribution in [0.15, 0.2) is 59.1 Å². The van der Waals surface area contributed by atoms with E-state index in [2.05, 4.69) is 22.3 Å². The summed E-state index contributed by atoms with van der Waals surface area (Å²) in [6.07, 6.45) is 2.69. The Morgan fingerprint density at radius 1 is 1.07 bits per heavy atom. The molecule has 0 aliphatic rings. The van der Waals surface area contributed by atoms with Crippen LogP contribution in [0.2, 0.25) is 5.02 Å². The van der Waals surface area contributed by atoms with Crippen LogP contribution in [-0.2, 0) is 17.6 Å². The molecule has 1 aromatic heterocycles. The predicted octanol–water partition coefficient (Wildman–Crippen LogP) is 4.41. The van der Waals surface area contributed by atoms with Gasteiger partial charge in [-0.25, -0.2) is 0 Å². The first kappa shape index (κ1) is 19.1. The van der Waals surface area contributed by atoms with E-state index in [9.17, 15) is 4.79 Å². The largest absolute Gasteiger partial charge is 0.346 e. The van der Waals surface area contributed by atoms with Crippen molar-refractivity contribution >= 4 is 17.5 Å². The monoisotopic (exact) mass is 383 g/mol. The first-order chi connectivity index (χ1) is 13.1. The van der Waals surface area contributed by atoms with Gasteiger partial charge in [-0.3, -0.25) is 4.79 Å². The Labute approximate surface area is 164 Å². The first-order valence-corrected chi connectivity index (χ1v) is 9.36. The third kappa shape index (κ3) is 5.66. The number of carbonyl (C=O) groups excluding carboxylic acids is 1. The molecule has 0 N–H and O–H groups in total. The third-order valence-corrected chi connectivity index (χ3v) is 4.60. The van der Waals surface area contributed by atoms with Gasteiger partial charge in [-0.1, -0.05) is 47.1 Å². The zero-order chi connectivity index (χ0) is 19.1. The van der Waals surface area contributed by atoms with Gasteiger partial charge >= 0.3 is 0 Å². The van der Waals surface area contributed by atoms with Crippen molar-refractivity contribution < 1.29 is 9.32 Å². The Hall–Kier alpha value is -2.66. The molecule has 0 saturated heterocycles. The lowest BCUT2D eigenvalue weighted by atomic mass is 10.1. The quantitative estimate of drug-likeness (QED) is 0.578. The molecule has 0 saturated carbocycles. The van der Waals surface area contributed by atoms with Gasteiger partial charge < -0.3 is 9.42 Å².